The van der Waals surface area contributed by atoms with Gasteiger partial charge < -0.3 is 4.74 Å². The number of methoxy groups -OCH3 is 1. The lowest BCUT2D eigenvalue weighted by Gasteiger charge is -2.12. The molecule has 10 heteroatoms. The van der Waals surface area contributed by atoms with E-state index < -0.39 is 21.2 Å². The Hall–Kier alpha value is -1.12. The lowest BCUT2D eigenvalue weighted by Crippen LogP contribution is -2.33. The van der Waals surface area contributed by atoms with E-state index in [1.165, 1.54) is 6.92 Å². The molecule has 0 radical (unpaired) electrons. The van der Waals surface area contributed by atoms with Crippen molar-refractivity contribution in [1.29, 1.82) is 0 Å². The van der Waals surface area contributed by atoms with Gasteiger partial charge in [-0.3, -0.25) is 9.52 Å². The topological polar surface area (TPSA) is 98.2 Å². The fourth-order valence-corrected chi connectivity index (χ4v) is 2.30. The Labute approximate surface area is 114 Å². The van der Waals surface area contributed by atoms with Crippen molar-refractivity contribution in [2.75, 3.05) is 11.8 Å². The Bertz CT molecular complexity index is 543. The molecule has 1 heterocycles. The van der Waals surface area contributed by atoms with Crippen LogP contribution in [-0.2, 0) is 19.6 Å². The van der Waals surface area contributed by atoms with Crippen LogP contribution in [0.15, 0.2) is 6.07 Å². The van der Waals surface area contributed by atoms with E-state index in [4.69, 9.17) is 23.2 Å². The van der Waals surface area contributed by atoms with Crippen LogP contribution in [0.4, 0.5) is 5.82 Å². The Morgan fingerprint density at radius 1 is 1.44 bits per heavy atom. The molecule has 0 aliphatic carbocycles. The molecule has 1 unspecified atom stereocenters. The van der Waals surface area contributed by atoms with Crippen molar-refractivity contribution < 1.29 is 17.9 Å². The van der Waals surface area contributed by atoms with E-state index >= 15 is 0 Å². The van der Waals surface area contributed by atoms with E-state index in [0.29, 0.717) is 0 Å². The van der Waals surface area contributed by atoms with Gasteiger partial charge in [0.05, 0.1) is 7.11 Å². The lowest BCUT2D eigenvalue weighted by molar-refractivity contribution is -0.139. The molecule has 1 aromatic rings. The summed E-state index contributed by atoms with van der Waals surface area (Å²) in [5, 5.41) is -1.64. The number of carbonyl (C=O) groups is 1. The Kier molecular flexibility index (Phi) is 4.71. The first kappa shape index (κ1) is 14.9. The third-order valence-electron chi connectivity index (χ3n) is 1.91. The summed E-state index contributed by atoms with van der Waals surface area (Å²) in [6.45, 7) is 1.18. The third-order valence-corrected chi connectivity index (χ3v) is 3.89. The maximum absolute atomic E-state index is 11.8. The zero-order valence-electron chi connectivity index (χ0n) is 9.35. The van der Waals surface area contributed by atoms with E-state index in [2.05, 4.69) is 19.4 Å². The Morgan fingerprint density at radius 3 is 2.56 bits per heavy atom. The summed E-state index contributed by atoms with van der Waals surface area (Å²) in [6, 6.07) is 1.16. The molecule has 0 bridgehead atoms. The first-order chi connectivity index (χ1) is 8.26. The zero-order chi connectivity index (χ0) is 13.9. The van der Waals surface area contributed by atoms with Crippen LogP contribution < -0.4 is 4.72 Å². The van der Waals surface area contributed by atoms with Gasteiger partial charge in [0.2, 0.25) is 15.3 Å². The number of aromatic nitrogens is 2. The van der Waals surface area contributed by atoms with Gasteiger partial charge in [-0.1, -0.05) is 11.6 Å². The molecule has 0 saturated carbocycles. The smallest absolute Gasteiger partial charge is 0.325 e. The predicted molar refractivity (Wildman–Crippen MR) is 66.1 cm³/mol. The van der Waals surface area contributed by atoms with Crippen LogP contribution >= 0.6 is 23.2 Å². The molecule has 0 saturated heterocycles. The monoisotopic (exact) mass is 313 g/mol. The average molecular weight is 314 g/mol. The van der Waals surface area contributed by atoms with Gasteiger partial charge in [0, 0.05) is 6.07 Å². The highest BCUT2D eigenvalue weighted by molar-refractivity contribution is 7.94. The largest absolute Gasteiger partial charge is 0.468 e. The van der Waals surface area contributed by atoms with Gasteiger partial charge in [0.25, 0.3) is 0 Å². The molecule has 100 valence electrons. The molecule has 1 N–H and O–H groups in total. The van der Waals surface area contributed by atoms with E-state index in [0.717, 1.165) is 13.2 Å². The van der Waals surface area contributed by atoms with E-state index in [1.807, 2.05) is 0 Å². The van der Waals surface area contributed by atoms with Crippen LogP contribution in [-0.4, -0.2) is 36.7 Å². The summed E-state index contributed by atoms with van der Waals surface area (Å²) in [4.78, 5) is 18.3. The molecule has 0 spiro atoms. The molecular weight excluding hydrogens is 305 g/mol. The molecule has 0 aliphatic rings. The fraction of sp³-hybridized carbons (Fsp3) is 0.375. The summed E-state index contributed by atoms with van der Waals surface area (Å²) in [7, 11) is -2.90. The molecule has 0 fully saturated rings. The number of rotatable bonds is 4. The van der Waals surface area contributed by atoms with Crippen molar-refractivity contribution in [1.82, 2.24) is 9.97 Å². The normalized spacial score (nSPS) is 12.9. The SMILES string of the molecule is COC(=O)C(C)S(=O)(=O)Nc1cc(Cl)nc(Cl)n1. The van der Waals surface area contributed by atoms with Gasteiger partial charge in [-0.05, 0) is 18.5 Å². The number of ether oxygens (including phenoxy) is 1. The summed E-state index contributed by atoms with van der Waals surface area (Å²) in [6.07, 6.45) is 0. The minimum absolute atomic E-state index is 0.0292. The lowest BCUT2D eigenvalue weighted by atomic mass is 10.5. The fourth-order valence-electron chi connectivity index (χ4n) is 0.969. The standard InChI is InChI=1S/C8H9Cl2N3O4S/c1-4(7(14)17-2)18(15,16)13-6-3-5(9)11-8(10)12-6/h3-4H,1-2H3,(H,11,12,13). The molecule has 18 heavy (non-hydrogen) atoms. The van der Waals surface area contributed by atoms with Crippen LogP contribution in [0.3, 0.4) is 0 Å². The minimum Gasteiger partial charge on any atom is -0.468 e. The highest BCUT2D eigenvalue weighted by atomic mass is 35.5. The Morgan fingerprint density at radius 2 is 2.06 bits per heavy atom. The van der Waals surface area contributed by atoms with Crippen LogP contribution in [0.5, 0.6) is 0 Å². The van der Waals surface area contributed by atoms with Crippen molar-refractivity contribution in [2.45, 2.75) is 12.2 Å². The highest BCUT2D eigenvalue weighted by Crippen LogP contribution is 2.16. The summed E-state index contributed by atoms with van der Waals surface area (Å²) in [5.74, 6) is -1.02. The number of nitrogens with zero attached hydrogens (tertiary/aromatic N) is 2. The molecule has 0 aliphatic heterocycles. The van der Waals surface area contributed by atoms with E-state index in [1.54, 1.807) is 0 Å². The van der Waals surface area contributed by atoms with Gasteiger partial charge in [0.15, 0.2) is 5.25 Å². The maximum Gasteiger partial charge on any atom is 0.325 e. The number of hydrogen-bond acceptors (Lipinski definition) is 6. The molecular formula is C8H9Cl2N3O4S. The molecule has 0 amide bonds. The number of sulfonamides is 1. The van der Waals surface area contributed by atoms with E-state index in [-0.39, 0.29) is 16.3 Å². The zero-order valence-corrected chi connectivity index (χ0v) is 11.7. The second-order valence-electron chi connectivity index (χ2n) is 3.16. The van der Waals surface area contributed by atoms with Gasteiger partial charge in [-0.15, -0.1) is 0 Å². The van der Waals surface area contributed by atoms with Crippen molar-refractivity contribution in [2.24, 2.45) is 0 Å². The highest BCUT2D eigenvalue weighted by Gasteiger charge is 2.29. The second kappa shape index (κ2) is 5.68. The quantitative estimate of drug-likeness (QED) is 0.507. The molecule has 7 nitrogen and oxygen atoms in total. The number of carbonyl (C=O) groups excluding carboxylic acids is 1. The van der Waals surface area contributed by atoms with Crippen LogP contribution in [0.25, 0.3) is 0 Å². The number of halogens is 2. The average Bonchev–Trinajstić information content (AvgIpc) is 2.24. The molecule has 1 atom stereocenters. The number of hydrogen-bond donors (Lipinski definition) is 1. The third kappa shape index (κ3) is 3.69. The summed E-state index contributed by atoms with van der Waals surface area (Å²) in [5.41, 5.74) is 0. The number of anilines is 1. The van der Waals surface area contributed by atoms with Crippen molar-refractivity contribution in [3.05, 3.63) is 16.5 Å². The summed E-state index contributed by atoms with van der Waals surface area (Å²) < 4.78 is 29.9. The van der Waals surface area contributed by atoms with Gasteiger partial charge in [-0.25, -0.2) is 13.4 Å². The van der Waals surface area contributed by atoms with Crippen LogP contribution in [0, 0.1) is 0 Å². The molecule has 1 aromatic heterocycles. The minimum atomic E-state index is -3.99. The molecule has 1 rings (SSSR count). The van der Waals surface area contributed by atoms with Gasteiger partial charge in [0.1, 0.15) is 11.0 Å². The van der Waals surface area contributed by atoms with Gasteiger partial charge in [-0.2, -0.15) is 4.98 Å². The van der Waals surface area contributed by atoms with Crippen LogP contribution in [0.1, 0.15) is 6.92 Å². The van der Waals surface area contributed by atoms with Crippen molar-refractivity contribution in [3.8, 4) is 0 Å². The first-order valence-corrected chi connectivity index (χ1v) is 6.86. The first-order valence-electron chi connectivity index (χ1n) is 4.56. The number of nitrogens with one attached hydrogen (secondary N) is 1. The van der Waals surface area contributed by atoms with Crippen LogP contribution in [0.2, 0.25) is 10.4 Å². The van der Waals surface area contributed by atoms with Crippen molar-refractivity contribution in [3.63, 3.8) is 0 Å². The van der Waals surface area contributed by atoms with Crippen molar-refractivity contribution >= 4 is 45.0 Å². The van der Waals surface area contributed by atoms with Gasteiger partial charge >= 0.3 is 5.97 Å². The molecule has 0 aromatic carbocycles. The summed E-state index contributed by atoms with van der Waals surface area (Å²) >= 11 is 11.1. The van der Waals surface area contributed by atoms with E-state index in [9.17, 15) is 13.2 Å². The predicted octanol–water partition coefficient (Wildman–Crippen LogP) is 1.09. The number of esters is 1. The maximum atomic E-state index is 11.8. The Balaban J connectivity index is 2.99. The second-order valence-corrected chi connectivity index (χ2v) is 5.88.